The third-order valence-electron chi connectivity index (χ3n) is 9.45. The Bertz CT molecular complexity index is 941. The van der Waals surface area contributed by atoms with E-state index in [2.05, 4.69) is 39.8 Å². The first-order valence-electron chi connectivity index (χ1n) is 11.9. The average Bonchev–Trinajstić information content (AvgIpc) is 2.97. The lowest BCUT2D eigenvalue weighted by Gasteiger charge is -2.53. The highest BCUT2D eigenvalue weighted by atomic mass is 16.8. The predicted molar refractivity (Wildman–Crippen MR) is 115 cm³/mol. The van der Waals surface area contributed by atoms with Crippen LogP contribution in [0.2, 0.25) is 0 Å². The monoisotopic (exact) mass is 428 g/mol. The fourth-order valence-electron chi connectivity index (χ4n) is 8.17. The Hall–Kier alpha value is -1.01. The second-order valence-corrected chi connectivity index (χ2v) is 12.5. The van der Waals surface area contributed by atoms with Crippen molar-refractivity contribution in [3.05, 3.63) is 23.3 Å². The number of Topliss-reactive ketones (excluding diaryl/α,β-unsaturated/α-hetero) is 1. The molecule has 0 N–H and O–H groups in total. The lowest BCUT2D eigenvalue weighted by molar-refractivity contribution is -0.304. The molecule has 0 radical (unpaired) electrons. The maximum absolute atomic E-state index is 14.7. The van der Waals surface area contributed by atoms with Crippen LogP contribution in [0.15, 0.2) is 23.3 Å². The number of rotatable bonds is 0. The summed E-state index contributed by atoms with van der Waals surface area (Å²) in [4.78, 5) is 14.7. The highest BCUT2D eigenvalue weighted by molar-refractivity contribution is 5.95. The third-order valence-corrected chi connectivity index (χ3v) is 9.45. The fourth-order valence-corrected chi connectivity index (χ4v) is 8.17. The molecule has 4 fully saturated rings. The van der Waals surface area contributed by atoms with Gasteiger partial charge in [-0.2, -0.15) is 0 Å². The normalized spacial score (nSPS) is 52.6. The number of ether oxygens (including phenoxy) is 4. The van der Waals surface area contributed by atoms with E-state index in [1.165, 1.54) is 0 Å². The zero-order chi connectivity index (χ0) is 22.4. The van der Waals surface area contributed by atoms with E-state index in [4.69, 9.17) is 18.9 Å². The minimum Gasteiger partial charge on any atom is -0.346 e. The third kappa shape index (κ3) is 2.24. The van der Waals surface area contributed by atoms with Crippen LogP contribution in [0.5, 0.6) is 0 Å². The molecule has 2 saturated carbocycles. The summed E-state index contributed by atoms with van der Waals surface area (Å²) in [5.41, 5.74) is 0.650. The van der Waals surface area contributed by atoms with E-state index in [0.29, 0.717) is 24.2 Å². The van der Waals surface area contributed by atoms with Crippen molar-refractivity contribution in [2.24, 2.45) is 34.5 Å². The first kappa shape index (κ1) is 20.6. The van der Waals surface area contributed by atoms with E-state index in [9.17, 15) is 4.79 Å². The largest absolute Gasteiger partial charge is 0.346 e. The van der Waals surface area contributed by atoms with Crippen molar-refractivity contribution < 1.29 is 23.7 Å². The fraction of sp³-hybridized carbons (Fsp3) is 0.808. The molecule has 6 aliphatic rings. The van der Waals surface area contributed by atoms with Gasteiger partial charge in [-0.05, 0) is 75.4 Å². The van der Waals surface area contributed by atoms with Gasteiger partial charge in [0.2, 0.25) is 0 Å². The average molecular weight is 429 g/mol. The summed E-state index contributed by atoms with van der Waals surface area (Å²) in [6, 6.07) is 0. The maximum Gasteiger partial charge on any atom is 0.164 e. The van der Waals surface area contributed by atoms with E-state index in [-0.39, 0.29) is 29.5 Å². The van der Waals surface area contributed by atoms with Gasteiger partial charge in [-0.15, -0.1) is 0 Å². The van der Waals surface area contributed by atoms with E-state index in [1.54, 1.807) is 0 Å². The molecule has 170 valence electrons. The Balaban J connectivity index is 1.64. The van der Waals surface area contributed by atoms with Crippen LogP contribution in [0.4, 0.5) is 0 Å². The maximum atomic E-state index is 14.7. The molecule has 5 heteroatoms. The topological polar surface area (TPSA) is 54.0 Å². The van der Waals surface area contributed by atoms with Gasteiger partial charge < -0.3 is 18.9 Å². The Morgan fingerprint density at radius 1 is 1.00 bits per heavy atom. The van der Waals surface area contributed by atoms with E-state index in [1.807, 2.05) is 27.7 Å². The van der Waals surface area contributed by atoms with Gasteiger partial charge in [-0.3, -0.25) is 4.79 Å². The molecule has 4 aliphatic carbocycles. The lowest BCUT2D eigenvalue weighted by Crippen LogP contribution is -2.67. The van der Waals surface area contributed by atoms with Crippen LogP contribution in [0.3, 0.4) is 0 Å². The first-order valence-corrected chi connectivity index (χ1v) is 11.9. The second kappa shape index (κ2) is 5.55. The number of hydrogen-bond acceptors (Lipinski definition) is 5. The summed E-state index contributed by atoms with van der Waals surface area (Å²) in [5.74, 6) is -0.335. The molecular formula is C26H36O5. The van der Waals surface area contributed by atoms with Crippen LogP contribution in [0.25, 0.3) is 0 Å². The van der Waals surface area contributed by atoms with E-state index < -0.39 is 22.6 Å². The molecule has 6 rings (SSSR count). The lowest BCUT2D eigenvalue weighted by atomic mass is 9.58. The molecule has 2 saturated heterocycles. The second-order valence-electron chi connectivity index (χ2n) is 12.5. The van der Waals surface area contributed by atoms with Crippen molar-refractivity contribution in [1.29, 1.82) is 0 Å². The van der Waals surface area contributed by atoms with Gasteiger partial charge in [0, 0.05) is 5.92 Å². The smallest absolute Gasteiger partial charge is 0.164 e. The van der Waals surface area contributed by atoms with Crippen LogP contribution in [0, 0.1) is 34.5 Å². The van der Waals surface area contributed by atoms with Crippen molar-refractivity contribution in [2.45, 2.75) is 91.2 Å². The van der Waals surface area contributed by atoms with Crippen molar-refractivity contribution in [2.75, 3.05) is 6.61 Å². The van der Waals surface area contributed by atoms with Gasteiger partial charge in [-0.1, -0.05) is 32.9 Å². The number of hydrogen-bond donors (Lipinski definition) is 0. The van der Waals surface area contributed by atoms with E-state index >= 15 is 0 Å². The van der Waals surface area contributed by atoms with Crippen LogP contribution >= 0.6 is 0 Å². The highest BCUT2D eigenvalue weighted by Crippen LogP contribution is 2.73. The summed E-state index contributed by atoms with van der Waals surface area (Å²) < 4.78 is 26.2. The Morgan fingerprint density at radius 2 is 1.68 bits per heavy atom. The Morgan fingerprint density at radius 3 is 2.39 bits per heavy atom. The molecule has 2 bridgehead atoms. The molecule has 2 aliphatic heterocycles. The molecule has 31 heavy (non-hydrogen) atoms. The van der Waals surface area contributed by atoms with Crippen molar-refractivity contribution in [3.8, 4) is 0 Å². The van der Waals surface area contributed by atoms with Gasteiger partial charge in [0.05, 0.1) is 12.0 Å². The predicted octanol–water partition coefficient (Wildman–Crippen LogP) is 4.41. The van der Waals surface area contributed by atoms with Gasteiger partial charge in [0.1, 0.15) is 17.8 Å². The summed E-state index contributed by atoms with van der Waals surface area (Å²) in [6.45, 7) is 17.3. The first-order chi connectivity index (χ1) is 14.3. The zero-order valence-electron chi connectivity index (χ0n) is 20.1. The molecule has 0 amide bonds. The van der Waals surface area contributed by atoms with Crippen molar-refractivity contribution in [1.82, 2.24) is 0 Å². The molecule has 0 aromatic carbocycles. The molecule has 0 aromatic rings. The molecule has 5 nitrogen and oxygen atoms in total. The molecule has 4 unspecified atom stereocenters. The standard InChI is InChI=1S/C26H36O5/c1-13-11-25-14(2)9-17-18(22(17,3)4)16(19(25)27)10-15-12-28-23(5,6)30-21(15)26(25)20(13)29-24(7,8)31-26/h10-11,14,16-18,20-21H,9,12H2,1-8H3/t14?,16-,17+,18-,20?,21?,25+,26?/m1/s1. The van der Waals surface area contributed by atoms with Gasteiger partial charge in [0.25, 0.3) is 0 Å². The minimum atomic E-state index is -0.903. The Kier molecular flexibility index (Phi) is 3.68. The number of allylic oxidation sites excluding steroid dienone is 1. The molecule has 2 spiro atoms. The van der Waals surface area contributed by atoms with Gasteiger partial charge in [0.15, 0.2) is 17.4 Å². The van der Waals surface area contributed by atoms with Gasteiger partial charge in [-0.25, -0.2) is 0 Å². The SMILES string of the molecule is CC1=C[C@]23C(=O)[C@H](C=C4COC(C)(C)OC4C24OC(C)(C)OC14)[C@@H]1[C@H](CC3C)C1(C)C. The number of carbonyl (C=O) groups excluding carboxylic acids is 1. The summed E-state index contributed by atoms with van der Waals surface area (Å²) >= 11 is 0. The molecule has 2 heterocycles. The van der Waals surface area contributed by atoms with Crippen molar-refractivity contribution >= 4 is 5.78 Å². The molecule has 0 aromatic heterocycles. The Labute approximate surface area is 185 Å². The zero-order valence-corrected chi connectivity index (χ0v) is 20.1. The number of carbonyl (C=O) groups is 1. The van der Waals surface area contributed by atoms with Gasteiger partial charge >= 0.3 is 0 Å². The summed E-state index contributed by atoms with van der Waals surface area (Å²) in [6.07, 6.45) is 4.76. The number of fused-ring (bicyclic) bond motifs is 4. The highest BCUT2D eigenvalue weighted by Gasteiger charge is 2.80. The van der Waals surface area contributed by atoms with Crippen LogP contribution in [-0.2, 0) is 23.7 Å². The molecular weight excluding hydrogens is 392 g/mol. The quantitative estimate of drug-likeness (QED) is 0.535. The number of ketones is 1. The minimum absolute atomic E-state index is 0.134. The van der Waals surface area contributed by atoms with Crippen LogP contribution < -0.4 is 0 Å². The van der Waals surface area contributed by atoms with Crippen LogP contribution in [0.1, 0.15) is 61.8 Å². The molecule has 8 atom stereocenters. The summed E-state index contributed by atoms with van der Waals surface area (Å²) in [7, 11) is 0. The van der Waals surface area contributed by atoms with Crippen molar-refractivity contribution in [3.63, 3.8) is 0 Å². The summed E-state index contributed by atoms with van der Waals surface area (Å²) in [5, 5.41) is 0. The van der Waals surface area contributed by atoms with E-state index in [0.717, 1.165) is 17.6 Å². The van der Waals surface area contributed by atoms with Crippen LogP contribution in [-0.4, -0.2) is 41.8 Å².